The standard InChI is InChI=1S/C15H16FNO3/c1-15(2,3)12-11(14(18)19-4)20-13(17-12)9-6-5-7-10(16)8-9/h5-8H,1-4H3. The molecule has 0 amide bonds. The molecule has 20 heavy (non-hydrogen) atoms. The summed E-state index contributed by atoms with van der Waals surface area (Å²) in [5.74, 6) is -0.725. The van der Waals surface area contributed by atoms with Crippen LogP contribution in [0.4, 0.5) is 4.39 Å². The minimum absolute atomic E-state index is 0.0549. The highest BCUT2D eigenvalue weighted by Gasteiger charge is 2.29. The number of aromatic nitrogens is 1. The molecule has 0 fully saturated rings. The molecule has 5 heteroatoms. The summed E-state index contributed by atoms with van der Waals surface area (Å²) in [4.78, 5) is 16.1. The summed E-state index contributed by atoms with van der Waals surface area (Å²) in [6, 6.07) is 5.86. The molecule has 0 aliphatic rings. The van der Waals surface area contributed by atoms with E-state index in [1.807, 2.05) is 20.8 Å². The van der Waals surface area contributed by atoms with E-state index >= 15 is 0 Å². The van der Waals surface area contributed by atoms with Crippen LogP contribution in [0.2, 0.25) is 0 Å². The van der Waals surface area contributed by atoms with E-state index in [1.165, 1.54) is 19.2 Å². The van der Waals surface area contributed by atoms with E-state index in [4.69, 9.17) is 9.15 Å². The molecule has 0 atom stereocenters. The van der Waals surface area contributed by atoms with Crippen LogP contribution in [-0.2, 0) is 10.2 Å². The third kappa shape index (κ3) is 2.71. The smallest absolute Gasteiger partial charge is 0.376 e. The first-order chi connectivity index (χ1) is 9.32. The normalized spacial score (nSPS) is 11.4. The summed E-state index contributed by atoms with van der Waals surface area (Å²) in [6.45, 7) is 5.73. The SMILES string of the molecule is COC(=O)c1oc(-c2cccc(F)c2)nc1C(C)(C)C. The van der Waals surface area contributed by atoms with E-state index in [-0.39, 0.29) is 11.7 Å². The number of benzene rings is 1. The molecule has 0 unspecified atom stereocenters. The van der Waals surface area contributed by atoms with Crippen molar-refractivity contribution in [1.29, 1.82) is 0 Å². The summed E-state index contributed by atoms with van der Waals surface area (Å²) in [5, 5.41) is 0. The molecule has 0 bridgehead atoms. The number of halogens is 1. The molecule has 2 aromatic rings. The highest BCUT2D eigenvalue weighted by molar-refractivity contribution is 5.88. The van der Waals surface area contributed by atoms with Crippen molar-refractivity contribution < 1.29 is 18.3 Å². The highest BCUT2D eigenvalue weighted by Crippen LogP contribution is 2.30. The highest BCUT2D eigenvalue weighted by atomic mass is 19.1. The monoisotopic (exact) mass is 277 g/mol. The summed E-state index contributed by atoms with van der Waals surface area (Å²) < 4.78 is 23.4. The second-order valence-corrected chi connectivity index (χ2v) is 5.45. The van der Waals surface area contributed by atoms with Gasteiger partial charge in [-0.2, -0.15) is 0 Å². The number of hydrogen-bond acceptors (Lipinski definition) is 4. The molecular weight excluding hydrogens is 261 g/mol. The second-order valence-electron chi connectivity index (χ2n) is 5.45. The molecule has 1 aromatic heterocycles. The predicted octanol–water partition coefficient (Wildman–Crippen LogP) is 3.56. The van der Waals surface area contributed by atoms with Gasteiger partial charge in [0.25, 0.3) is 0 Å². The summed E-state index contributed by atoms with van der Waals surface area (Å²) in [5.41, 5.74) is 0.577. The molecule has 2 rings (SSSR count). The fourth-order valence-electron chi connectivity index (χ4n) is 1.80. The maximum Gasteiger partial charge on any atom is 0.376 e. The predicted molar refractivity (Wildman–Crippen MR) is 71.9 cm³/mol. The Morgan fingerprint density at radius 1 is 1.35 bits per heavy atom. The molecule has 1 aromatic carbocycles. The van der Waals surface area contributed by atoms with Gasteiger partial charge in [-0.05, 0) is 18.2 Å². The third-order valence-electron chi connectivity index (χ3n) is 2.78. The van der Waals surface area contributed by atoms with Crippen LogP contribution in [0.3, 0.4) is 0 Å². The topological polar surface area (TPSA) is 52.3 Å². The van der Waals surface area contributed by atoms with Crippen LogP contribution in [0.15, 0.2) is 28.7 Å². The van der Waals surface area contributed by atoms with E-state index in [9.17, 15) is 9.18 Å². The van der Waals surface area contributed by atoms with Crippen LogP contribution < -0.4 is 0 Å². The number of carbonyl (C=O) groups excluding carboxylic acids is 1. The van der Waals surface area contributed by atoms with E-state index in [0.717, 1.165) is 0 Å². The van der Waals surface area contributed by atoms with Gasteiger partial charge in [0, 0.05) is 11.0 Å². The van der Waals surface area contributed by atoms with E-state index in [0.29, 0.717) is 11.3 Å². The van der Waals surface area contributed by atoms with Gasteiger partial charge in [-0.15, -0.1) is 0 Å². The van der Waals surface area contributed by atoms with Crippen LogP contribution >= 0.6 is 0 Å². The van der Waals surface area contributed by atoms with Crippen molar-refractivity contribution in [3.63, 3.8) is 0 Å². The Morgan fingerprint density at radius 2 is 2.05 bits per heavy atom. The number of esters is 1. The molecule has 0 radical (unpaired) electrons. The zero-order valence-electron chi connectivity index (χ0n) is 11.9. The van der Waals surface area contributed by atoms with Gasteiger partial charge < -0.3 is 9.15 Å². The van der Waals surface area contributed by atoms with E-state index in [2.05, 4.69) is 4.98 Å². The van der Waals surface area contributed by atoms with E-state index in [1.54, 1.807) is 12.1 Å². The minimum Gasteiger partial charge on any atom is -0.463 e. The van der Waals surface area contributed by atoms with Crippen LogP contribution in [0.1, 0.15) is 37.0 Å². The molecule has 4 nitrogen and oxygen atoms in total. The van der Waals surface area contributed by atoms with Gasteiger partial charge in [0.05, 0.1) is 7.11 Å². The average Bonchev–Trinajstić information content (AvgIpc) is 2.82. The Labute approximate surface area is 116 Å². The number of oxazole rings is 1. The van der Waals surface area contributed by atoms with Gasteiger partial charge >= 0.3 is 5.97 Å². The van der Waals surface area contributed by atoms with E-state index < -0.39 is 17.2 Å². The van der Waals surface area contributed by atoms with Crippen LogP contribution in [0, 0.1) is 5.82 Å². The summed E-state index contributed by atoms with van der Waals surface area (Å²) in [6.07, 6.45) is 0. The first kappa shape index (κ1) is 14.2. The van der Waals surface area contributed by atoms with Crippen LogP contribution in [-0.4, -0.2) is 18.1 Å². The Bertz CT molecular complexity index is 641. The molecular formula is C15H16FNO3. The molecule has 0 spiro atoms. The number of carbonyl (C=O) groups is 1. The van der Waals surface area contributed by atoms with Crippen molar-refractivity contribution in [1.82, 2.24) is 4.98 Å². The van der Waals surface area contributed by atoms with Crippen molar-refractivity contribution in [2.45, 2.75) is 26.2 Å². The molecule has 106 valence electrons. The molecule has 0 saturated carbocycles. The lowest BCUT2D eigenvalue weighted by atomic mass is 9.91. The molecule has 1 heterocycles. The molecule has 0 aliphatic carbocycles. The Hall–Kier alpha value is -2.17. The first-order valence-corrected chi connectivity index (χ1v) is 6.18. The largest absolute Gasteiger partial charge is 0.463 e. The third-order valence-corrected chi connectivity index (χ3v) is 2.78. The van der Waals surface area contributed by atoms with Gasteiger partial charge in [0.2, 0.25) is 11.7 Å². The van der Waals surface area contributed by atoms with Crippen molar-refractivity contribution in [3.05, 3.63) is 41.5 Å². The number of methoxy groups -OCH3 is 1. The Kier molecular flexibility index (Phi) is 3.61. The lowest BCUT2D eigenvalue weighted by Gasteiger charge is -2.15. The van der Waals surface area contributed by atoms with Gasteiger partial charge in [0.1, 0.15) is 11.5 Å². The fraction of sp³-hybridized carbons (Fsp3) is 0.333. The van der Waals surface area contributed by atoms with Crippen molar-refractivity contribution in [3.8, 4) is 11.5 Å². The number of hydrogen-bond donors (Lipinski definition) is 0. The van der Waals surface area contributed by atoms with Gasteiger partial charge in [0.15, 0.2) is 0 Å². The number of ether oxygens (including phenoxy) is 1. The van der Waals surface area contributed by atoms with Gasteiger partial charge in [-0.25, -0.2) is 14.2 Å². The Balaban J connectivity index is 2.57. The first-order valence-electron chi connectivity index (χ1n) is 6.18. The van der Waals surface area contributed by atoms with Crippen molar-refractivity contribution >= 4 is 5.97 Å². The summed E-state index contributed by atoms with van der Waals surface area (Å²) in [7, 11) is 1.28. The second kappa shape index (κ2) is 5.07. The molecule has 0 N–H and O–H groups in total. The number of nitrogens with zero attached hydrogens (tertiary/aromatic N) is 1. The lowest BCUT2D eigenvalue weighted by molar-refractivity contribution is 0.0562. The van der Waals surface area contributed by atoms with Crippen LogP contribution in [0.5, 0.6) is 0 Å². The fourth-order valence-corrected chi connectivity index (χ4v) is 1.80. The van der Waals surface area contributed by atoms with Crippen LogP contribution in [0.25, 0.3) is 11.5 Å². The average molecular weight is 277 g/mol. The maximum atomic E-state index is 13.3. The molecule has 0 aliphatic heterocycles. The maximum absolute atomic E-state index is 13.3. The zero-order chi connectivity index (χ0) is 14.9. The minimum atomic E-state index is -0.593. The molecule has 0 saturated heterocycles. The van der Waals surface area contributed by atoms with Gasteiger partial charge in [-0.1, -0.05) is 26.8 Å². The lowest BCUT2D eigenvalue weighted by Crippen LogP contribution is -2.17. The Morgan fingerprint density at radius 3 is 2.60 bits per heavy atom. The van der Waals surface area contributed by atoms with Crippen molar-refractivity contribution in [2.24, 2.45) is 0 Å². The van der Waals surface area contributed by atoms with Gasteiger partial charge in [-0.3, -0.25) is 0 Å². The quantitative estimate of drug-likeness (QED) is 0.787. The number of rotatable bonds is 2. The summed E-state index contributed by atoms with van der Waals surface area (Å²) >= 11 is 0. The van der Waals surface area contributed by atoms with Crippen molar-refractivity contribution in [2.75, 3.05) is 7.11 Å². The zero-order valence-corrected chi connectivity index (χ0v) is 11.9.